The lowest BCUT2D eigenvalue weighted by molar-refractivity contribution is -0.133. The highest BCUT2D eigenvalue weighted by molar-refractivity contribution is 7.10. The van der Waals surface area contributed by atoms with Crippen molar-refractivity contribution >= 4 is 34.6 Å². The first-order valence-electron chi connectivity index (χ1n) is 10.2. The highest BCUT2D eigenvalue weighted by Crippen LogP contribution is 2.40. The van der Waals surface area contributed by atoms with Gasteiger partial charge in [0, 0.05) is 16.3 Å². The Morgan fingerprint density at radius 1 is 1.07 bits per heavy atom. The SMILES string of the molecule is O=C1NC2(CCCCCC2)C(=O)N1CN1CCc2sccc2C1c1cccs1. The zero-order chi connectivity index (χ0) is 19.1. The molecule has 1 saturated heterocycles. The molecule has 0 aromatic carbocycles. The van der Waals surface area contributed by atoms with Crippen molar-refractivity contribution in [3.63, 3.8) is 0 Å². The predicted molar refractivity (Wildman–Crippen MR) is 112 cm³/mol. The molecule has 0 bridgehead atoms. The van der Waals surface area contributed by atoms with Crippen LogP contribution in [0, 0.1) is 0 Å². The van der Waals surface area contributed by atoms with E-state index in [2.05, 4.69) is 39.2 Å². The number of fused-ring (bicyclic) bond motifs is 1. The fourth-order valence-electron chi connectivity index (χ4n) is 4.96. The van der Waals surface area contributed by atoms with Crippen molar-refractivity contribution in [1.29, 1.82) is 0 Å². The van der Waals surface area contributed by atoms with E-state index in [-0.39, 0.29) is 18.0 Å². The molecule has 148 valence electrons. The maximum Gasteiger partial charge on any atom is 0.326 e. The van der Waals surface area contributed by atoms with Gasteiger partial charge in [0.15, 0.2) is 0 Å². The fraction of sp³-hybridized carbons (Fsp3) is 0.524. The van der Waals surface area contributed by atoms with Crippen molar-refractivity contribution < 1.29 is 9.59 Å². The zero-order valence-electron chi connectivity index (χ0n) is 15.9. The smallest absolute Gasteiger partial charge is 0.323 e. The van der Waals surface area contributed by atoms with Crippen LogP contribution in [0.2, 0.25) is 0 Å². The maximum absolute atomic E-state index is 13.3. The molecule has 2 aromatic heterocycles. The Labute approximate surface area is 173 Å². The van der Waals surface area contributed by atoms with E-state index < -0.39 is 5.54 Å². The molecule has 1 atom stereocenters. The summed E-state index contributed by atoms with van der Waals surface area (Å²) in [6.07, 6.45) is 6.86. The molecule has 1 saturated carbocycles. The molecule has 1 unspecified atom stereocenters. The van der Waals surface area contributed by atoms with Crippen molar-refractivity contribution in [2.45, 2.75) is 56.5 Å². The summed E-state index contributed by atoms with van der Waals surface area (Å²) in [6, 6.07) is 6.35. The van der Waals surface area contributed by atoms with Gasteiger partial charge in [-0.05, 0) is 47.7 Å². The summed E-state index contributed by atoms with van der Waals surface area (Å²) in [5.74, 6) is -0.0135. The summed E-state index contributed by atoms with van der Waals surface area (Å²) in [4.78, 5) is 32.6. The van der Waals surface area contributed by atoms with Gasteiger partial charge < -0.3 is 5.32 Å². The molecule has 5 rings (SSSR count). The van der Waals surface area contributed by atoms with Crippen LogP contribution in [0.1, 0.15) is 59.9 Å². The third-order valence-electron chi connectivity index (χ3n) is 6.40. The first-order valence-corrected chi connectivity index (χ1v) is 11.9. The number of thiophene rings is 2. The van der Waals surface area contributed by atoms with Gasteiger partial charge in [-0.2, -0.15) is 0 Å². The van der Waals surface area contributed by atoms with Crippen LogP contribution < -0.4 is 5.32 Å². The van der Waals surface area contributed by atoms with Gasteiger partial charge in [-0.3, -0.25) is 9.69 Å². The molecular weight excluding hydrogens is 390 g/mol. The third-order valence-corrected chi connectivity index (χ3v) is 8.33. The average molecular weight is 416 g/mol. The van der Waals surface area contributed by atoms with Crippen molar-refractivity contribution in [3.05, 3.63) is 44.3 Å². The van der Waals surface area contributed by atoms with E-state index in [0.29, 0.717) is 6.67 Å². The second kappa shape index (κ2) is 7.28. The highest BCUT2D eigenvalue weighted by Gasteiger charge is 2.51. The Kier molecular flexibility index (Phi) is 4.77. The van der Waals surface area contributed by atoms with Gasteiger partial charge in [0.2, 0.25) is 0 Å². The summed E-state index contributed by atoms with van der Waals surface area (Å²) < 4.78 is 0. The molecule has 2 fully saturated rings. The monoisotopic (exact) mass is 415 g/mol. The molecule has 1 N–H and O–H groups in total. The van der Waals surface area contributed by atoms with Crippen molar-refractivity contribution in [2.24, 2.45) is 0 Å². The topological polar surface area (TPSA) is 52.7 Å². The second-order valence-electron chi connectivity index (χ2n) is 8.08. The lowest BCUT2D eigenvalue weighted by Gasteiger charge is -2.37. The van der Waals surface area contributed by atoms with Crippen LogP contribution in [-0.2, 0) is 11.2 Å². The summed E-state index contributed by atoms with van der Waals surface area (Å²) in [5, 5.41) is 7.33. The number of carbonyl (C=O) groups excluding carboxylic acids is 2. The molecule has 2 aromatic rings. The van der Waals surface area contributed by atoms with Gasteiger partial charge >= 0.3 is 6.03 Å². The number of amides is 3. The third kappa shape index (κ3) is 3.00. The van der Waals surface area contributed by atoms with E-state index in [0.717, 1.165) is 51.5 Å². The number of urea groups is 1. The number of hydrogen-bond acceptors (Lipinski definition) is 5. The van der Waals surface area contributed by atoms with E-state index in [1.807, 2.05) is 11.3 Å². The van der Waals surface area contributed by atoms with E-state index in [1.54, 1.807) is 11.3 Å². The Morgan fingerprint density at radius 2 is 1.89 bits per heavy atom. The minimum atomic E-state index is -0.657. The Morgan fingerprint density at radius 3 is 2.64 bits per heavy atom. The largest absolute Gasteiger partial charge is 0.326 e. The van der Waals surface area contributed by atoms with E-state index >= 15 is 0 Å². The summed E-state index contributed by atoms with van der Waals surface area (Å²) >= 11 is 3.55. The molecule has 2 aliphatic heterocycles. The molecule has 1 spiro atoms. The van der Waals surface area contributed by atoms with Gasteiger partial charge in [-0.1, -0.05) is 31.7 Å². The summed E-state index contributed by atoms with van der Waals surface area (Å²) in [7, 11) is 0. The number of carbonyl (C=O) groups is 2. The quantitative estimate of drug-likeness (QED) is 0.758. The number of hydrogen-bond donors (Lipinski definition) is 1. The van der Waals surface area contributed by atoms with E-state index in [4.69, 9.17) is 0 Å². The predicted octanol–water partition coefficient (Wildman–Crippen LogP) is 4.36. The summed E-state index contributed by atoms with van der Waals surface area (Å²) in [6.45, 7) is 1.23. The van der Waals surface area contributed by atoms with Gasteiger partial charge in [-0.25, -0.2) is 9.69 Å². The Bertz CT molecular complexity index is 868. The van der Waals surface area contributed by atoms with Crippen LogP contribution in [0.5, 0.6) is 0 Å². The first-order chi connectivity index (χ1) is 13.7. The lowest BCUT2D eigenvalue weighted by atomic mass is 9.90. The zero-order valence-corrected chi connectivity index (χ0v) is 17.5. The minimum Gasteiger partial charge on any atom is -0.323 e. The minimum absolute atomic E-state index is 0.0135. The van der Waals surface area contributed by atoms with Crippen LogP contribution in [0.3, 0.4) is 0 Å². The van der Waals surface area contributed by atoms with Crippen LogP contribution >= 0.6 is 22.7 Å². The standard InChI is InChI=1S/C21H25N3O2S2/c25-19-21(9-3-1-2-4-10-21)22-20(26)24(19)14-23-11-7-16-15(8-13-28-16)18(23)17-6-5-12-27-17/h5-6,8,12-13,18H,1-4,7,9-11,14H2,(H,22,26). The van der Waals surface area contributed by atoms with Crippen LogP contribution in [0.15, 0.2) is 29.0 Å². The highest BCUT2D eigenvalue weighted by atomic mass is 32.1. The molecule has 1 aliphatic carbocycles. The number of imide groups is 1. The number of rotatable bonds is 3. The molecule has 5 nitrogen and oxygen atoms in total. The molecule has 7 heteroatoms. The van der Waals surface area contributed by atoms with Gasteiger partial charge in [0.1, 0.15) is 5.54 Å². The van der Waals surface area contributed by atoms with E-state index in [1.165, 1.54) is 20.2 Å². The molecular formula is C21H25N3O2S2. The molecule has 3 aliphatic rings. The van der Waals surface area contributed by atoms with Crippen molar-refractivity contribution in [3.8, 4) is 0 Å². The van der Waals surface area contributed by atoms with Crippen LogP contribution in [-0.4, -0.2) is 40.5 Å². The van der Waals surface area contributed by atoms with Crippen molar-refractivity contribution in [1.82, 2.24) is 15.1 Å². The number of nitrogens with zero attached hydrogens (tertiary/aromatic N) is 2. The lowest BCUT2D eigenvalue weighted by Crippen LogP contribution is -2.48. The molecule has 0 radical (unpaired) electrons. The van der Waals surface area contributed by atoms with Crippen LogP contribution in [0.25, 0.3) is 0 Å². The first kappa shape index (κ1) is 18.3. The van der Waals surface area contributed by atoms with Gasteiger partial charge in [-0.15, -0.1) is 22.7 Å². The second-order valence-corrected chi connectivity index (χ2v) is 10.1. The molecule has 28 heavy (non-hydrogen) atoms. The summed E-state index contributed by atoms with van der Waals surface area (Å²) in [5.41, 5.74) is 0.671. The Hall–Kier alpha value is -1.70. The van der Waals surface area contributed by atoms with Crippen LogP contribution in [0.4, 0.5) is 4.79 Å². The Balaban J connectivity index is 1.42. The van der Waals surface area contributed by atoms with Crippen molar-refractivity contribution in [2.75, 3.05) is 13.2 Å². The fourth-order valence-corrected chi connectivity index (χ4v) is 6.74. The van der Waals surface area contributed by atoms with E-state index in [9.17, 15) is 9.59 Å². The average Bonchev–Trinajstić information content (AvgIpc) is 3.38. The molecule has 4 heterocycles. The maximum atomic E-state index is 13.3. The number of nitrogens with one attached hydrogen (secondary N) is 1. The molecule has 3 amide bonds. The van der Waals surface area contributed by atoms with Gasteiger partial charge in [0.25, 0.3) is 5.91 Å². The normalized spacial score (nSPS) is 25.0. The van der Waals surface area contributed by atoms with Gasteiger partial charge in [0.05, 0.1) is 12.7 Å².